The van der Waals surface area contributed by atoms with Crippen LogP contribution < -0.4 is 10.1 Å². The second-order valence-electron chi connectivity index (χ2n) is 8.21. The Bertz CT molecular complexity index is 1480. The Morgan fingerprint density at radius 3 is 2.47 bits per heavy atom. The zero-order valence-corrected chi connectivity index (χ0v) is 19.7. The number of aromatic nitrogens is 4. The second kappa shape index (κ2) is 9.35. The van der Waals surface area contributed by atoms with Crippen LogP contribution in [0.25, 0.3) is 16.9 Å². The molecule has 0 atom stereocenters. The van der Waals surface area contributed by atoms with E-state index in [-0.39, 0.29) is 16.1 Å². The lowest BCUT2D eigenvalue weighted by Gasteiger charge is -2.13. The van der Waals surface area contributed by atoms with Crippen molar-refractivity contribution in [1.82, 2.24) is 24.9 Å². The van der Waals surface area contributed by atoms with Gasteiger partial charge in [-0.15, -0.1) is 5.10 Å². The monoisotopic (exact) mass is 562 g/mol. The molecule has 2 aromatic heterocycles. The predicted octanol–water partition coefficient (Wildman–Crippen LogP) is 5.48. The first-order chi connectivity index (χ1) is 17.7. The van der Waals surface area contributed by atoms with Crippen LogP contribution >= 0.6 is 11.6 Å². The van der Waals surface area contributed by atoms with E-state index in [1.807, 2.05) is 6.07 Å². The molecule has 0 radical (unpaired) electrons. The molecule has 8 nitrogen and oxygen atoms in total. The minimum atomic E-state index is -5.42. The molecule has 0 unspecified atom stereocenters. The number of allylic oxidation sites excluding steroid dienone is 1. The van der Waals surface area contributed by atoms with E-state index in [2.05, 4.69) is 20.3 Å². The van der Waals surface area contributed by atoms with Gasteiger partial charge in [0.15, 0.2) is 11.4 Å². The summed E-state index contributed by atoms with van der Waals surface area (Å²) in [5, 5.41) is 19.0. The highest BCUT2D eigenvalue weighted by Crippen LogP contribution is 2.42. The maximum Gasteiger partial charge on any atom is 0.452 e. The number of carbonyl (C=O) groups excluding carboxylic acids is 1. The van der Waals surface area contributed by atoms with Crippen LogP contribution in [0.5, 0.6) is 5.88 Å². The van der Waals surface area contributed by atoms with Gasteiger partial charge in [-0.25, -0.2) is 13.8 Å². The van der Waals surface area contributed by atoms with Gasteiger partial charge in [0, 0.05) is 18.8 Å². The van der Waals surface area contributed by atoms with Crippen LogP contribution in [0.2, 0.25) is 5.02 Å². The zero-order chi connectivity index (χ0) is 28.0. The summed E-state index contributed by atoms with van der Waals surface area (Å²) in [6.07, 6.45) is -8.52. The largest absolute Gasteiger partial charge is 0.452 e. The van der Waals surface area contributed by atoms with Crippen molar-refractivity contribution in [3.05, 3.63) is 58.8 Å². The SMILES string of the molecule is Cn1nc(O/C(=C\F)C(F)(F)F)c(C(F)(F)F)c1-n1cc(-c2ccc(Cl)c(C(=O)NC3(C#N)CC3)c2)cn1. The molecule has 200 valence electrons. The number of rotatable bonds is 6. The van der Waals surface area contributed by atoms with Crippen molar-refractivity contribution in [2.45, 2.75) is 30.7 Å². The van der Waals surface area contributed by atoms with E-state index >= 15 is 0 Å². The highest BCUT2D eigenvalue weighted by molar-refractivity contribution is 6.34. The molecule has 1 aliphatic rings. The smallest absolute Gasteiger partial charge is 0.429 e. The molecule has 4 rings (SSSR count). The molecule has 3 aromatic rings. The van der Waals surface area contributed by atoms with Crippen LogP contribution in [-0.4, -0.2) is 37.2 Å². The summed E-state index contributed by atoms with van der Waals surface area (Å²) in [6, 6.07) is 6.18. The summed E-state index contributed by atoms with van der Waals surface area (Å²) >= 11 is 6.13. The molecule has 0 spiro atoms. The lowest BCUT2D eigenvalue weighted by atomic mass is 10.1. The molecule has 1 fully saturated rings. The number of benzene rings is 1. The molecule has 1 saturated carbocycles. The maximum absolute atomic E-state index is 13.9. The third-order valence-corrected chi connectivity index (χ3v) is 5.84. The van der Waals surface area contributed by atoms with E-state index in [1.54, 1.807) is 0 Å². The number of nitrogens with one attached hydrogen (secondary N) is 1. The van der Waals surface area contributed by atoms with Crippen LogP contribution in [0.3, 0.4) is 0 Å². The van der Waals surface area contributed by atoms with Gasteiger partial charge in [0.25, 0.3) is 11.8 Å². The summed E-state index contributed by atoms with van der Waals surface area (Å²) in [5.74, 6) is -5.32. The molecule has 1 aromatic carbocycles. The third kappa shape index (κ3) is 5.17. The van der Waals surface area contributed by atoms with E-state index in [1.165, 1.54) is 18.2 Å². The van der Waals surface area contributed by atoms with Crippen molar-refractivity contribution < 1.29 is 40.3 Å². The molecule has 2 heterocycles. The van der Waals surface area contributed by atoms with E-state index in [9.17, 15) is 40.8 Å². The van der Waals surface area contributed by atoms with Gasteiger partial charge in [-0.3, -0.25) is 4.79 Å². The number of hydrogen-bond acceptors (Lipinski definition) is 5. The van der Waals surface area contributed by atoms with E-state index < -0.39 is 53.1 Å². The molecule has 0 saturated heterocycles. The highest BCUT2D eigenvalue weighted by atomic mass is 35.5. The van der Waals surface area contributed by atoms with Gasteiger partial charge in [-0.2, -0.15) is 36.7 Å². The number of nitriles is 1. The van der Waals surface area contributed by atoms with Gasteiger partial charge in [-0.05, 0) is 30.5 Å². The number of ether oxygens (including phenoxy) is 1. The van der Waals surface area contributed by atoms with Gasteiger partial charge in [-0.1, -0.05) is 17.7 Å². The van der Waals surface area contributed by atoms with Crippen LogP contribution in [0.4, 0.5) is 30.7 Å². The molecule has 0 aliphatic heterocycles. The number of halogens is 8. The van der Waals surface area contributed by atoms with Crippen molar-refractivity contribution in [2.24, 2.45) is 7.05 Å². The van der Waals surface area contributed by atoms with Crippen molar-refractivity contribution in [1.29, 1.82) is 5.26 Å². The fraction of sp³-hybridized carbons (Fsp3) is 0.273. The van der Waals surface area contributed by atoms with Crippen molar-refractivity contribution in [3.63, 3.8) is 0 Å². The molecular formula is C22H14ClF7N6O2. The average molecular weight is 563 g/mol. The number of alkyl halides is 6. The topological polar surface area (TPSA) is 97.8 Å². The quantitative estimate of drug-likeness (QED) is 0.317. The van der Waals surface area contributed by atoms with E-state index in [4.69, 9.17) is 11.6 Å². The molecular weight excluding hydrogens is 549 g/mol. The van der Waals surface area contributed by atoms with Crippen molar-refractivity contribution >= 4 is 17.5 Å². The first-order valence-electron chi connectivity index (χ1n) is 10.5. The molecule has 16 heteroatoms. The highest BCUT2D eigenvalue weighted by Gasteiger charge is 2.46. The minimum Gasteiger partial charge on any atom is -0.429 e. The van der Waals surface area contributed by atoms with E-state index in [0.29, 0.717) is 27.8 Å². The second-order valence-corrected chi connectivity index (χ2v) is 8.62. The summed E-state index contributed by atoms with van der Waals surface area (Å²) in [7, 11) is 0.999. The fourth-order valence-electron chi connectivity index (χ4n) is 3.46. The molecule has 1 amide bonds. The standard InChI is InChI=1S/C22H14ClF7N6O2/c1-35-19(16(22(28,29)30)18(34-35)38-15(7-24)21(25,26)27)36-9-12(8-32-36)11-2-3-14(23)13(6-11)17(37)33-20(10-31)4-5-20/h2-3,6-9H,4-5H2,1H3,(H,33,37)/b15-7-. The molecule has 1 aliphatic carbocycles. The van der Waals surface area contributed by atoms with Gasteiger partial charge in [0.05, 0.1) is 22.9 Å². The number of hydrogen-bond donors (Lipinski definition) is 1. The fourth-order valence-corrected chi connectivity index (χ4v) is 3.66. The Morgan fingerprint density at radius 1 is 1.24 bits per heavy atom. The normalized spacial score (nSPS) is 15.2. The first-order valence-corrected chi connectivity index (χ1v) is 10.9. The van der Waals surface area contributed by atoms with Gasteiger partial charge >= 0.3 is 12.4 Å². The number of amides is 1. The molecule has 0 bridgehead atoms. The lowest BCUT2D eigenvalue weighted by molar-refractivity contribution is -0.141. The predicted molar refractivity (Wildman–Crippen MR) is 117 cm³/mol. The van der Waals surface area contributed by atoms with Gasteiger partial charge < -0.3 is 10.1 Å². The first kappa shape index (κ1) is 27.0. The summed E-state index contributed by atoms with van der Waals surface area (Å²) in [5.41, 5.74) is -2.20. The van der Waals surface area contributed by atoms with Crippen LogP contribution in [0, 0.1) is 11.3 Å². The Labute approximate surface area is 213 Å². The Balaban J connectivity index is 1.72. The Kier molecular flexibility index (Phi) is 6.64. The maximum atomic E-state index is 13.9. The minimum absolute atomic E-state index is 0.00308. The van der Waals surface area contributed by atoms with Crippen molar-refractivity contribution in [3.8, 4) is 28.9 Å². The van der Waals surface area contributed by atoms with Crippen LogP contribution in [0.15, 0.2) is 42.7 Å². The van der Waals surface area contributed by atoms with E-state index in [0.717, 1.165) is 19.4 Å². The average Bonchev–Trinajstić information content (AvgIpc) is 3.27. The Hall–Kier alpha value is -4.06. The van der Waals surface area contributed by atoms with Crippen LogP contribution in [-0.2, 0) is 13.2 Å². The Morgan fingerprint density at radius 2 is 1.92 bits per heavy atom. The van der Waals surface area contributed by atoms with Crippen molar-refractivity contribution in [2.75, 3.05) is 0 Å². The molecule has 38 heavy (non-hydrogen) atoms. The summed E-state index contributed by atoms with van der Waals surface area (Å²) in [6.45, 7) is 0. The van der Waals surface area contributed by atoms with Gasteiger partial charge in [0.2, 0.25) is 5.76 Å². The zero-order valence-electron chi connectivity index (χ0n) is 19.0. The summed E-state index contributed by atoms with van der Waals surface area (Å²) in [4.78, 5) is 12.6. The van der Waals surface area contributed by atoms with Crippen LogP contribution in [0.1, 0.15) is 28.8 Å². The summed E-state index contributed by atoms with van der Waals surface area (Å²) < 4.78 is 98.4. The molecule has 1 N–H and O–H groups in total. The number of carbonyl (C=O) groups is 1. The lowest BCUT2D eigenvalue weighted by Crippen LogP contribution is -2.35. The van der Waals surface area contributed by atoms with Gasteiger partial charge in [0.1, 0.15) is 11.9 Å². The third-order valence-electron chi connectivity index (χ3n) is 5.51. The number of nitrogens with zero attached hydrogens (tertiary/aromatic N) is 5. The number of aryl methyl sites for hydroxylation is 1.